The van der Waals surface area contributed by atoms with Gasteiger partial charge in [-0.1, -0.05) is 60.1 Å². The van der Waals surface area contributed by atoms with E-state index in [1.807, 2.05) is 59.5 Å². The first kappa shape index (κ1) is 21.3. The molecule has 1 aliphatic heterocycles. The highest BCUT2D eigenvalue weighted by atomic mass is 35.5. The number of amides is 1. The van der Waals surface area contributed by atoms with Crippen LogP contribution in [-0.4, -0.2) is 49.1 Å². The van der Waals surface area contributed by atoms with E-state index in [4.69, 9.17) is 16.7 Å². The van der Waals surface area contributed by atoms with E-state index >= 15 is 0 Å². The first-order valence-electron chi connectivity index (χ1n) is 10.9. The van der Waals surface area contributed by atoms with Crippen LogP contribution in [0.1, 0.15) is 40.3 Å². The molecule has 1 aliphatic rings. The quantitative estimate of drug-likeness (QED) is 0.452. The number of rotatable bonds is 5. The Morgan fingerprint density at radius 1 is 0.939 bits per heavy atom. The summed E-state index contributed by atoms with van der Waals surface area (Å²) >= 11 is 6.00. The normalized spacial score (nSPS) is 15.4. The minimum atomic E-state index is -0.402. The van der Waals surface area contributed by atoms with Gasteiger partial charge in [-0.2, -0.15) is 4.80 Å². The van der Waals surface area contributed by atoms with Crippen molar-refractivity contribution in [1.82, 2.24) is 30.1 Å². The molecule has 166 valence electrons. The molecule has 0 bridgehead atoms. The molecule has 0 saturated carbocycles. The molecule has 2 aromatic heterocycles. The largest absolute Gasteiger partial charge is 0.337 e. The van der Waals surface area contributed by atoms with Crippen molar-refractivity contribution in [3.05, 3.63) is 107 Å². The van der Waals surface area contributed by atoms with Gasteiger partial charge in [0, 0.05) is 24.3 Å². The second kappa shape index (κ2) is 9.11. The topological polar surface area (TPSA) is 76.8 Å². The van der Waals surface area contributed by atoms with Crippen molar-refractivity contribution >= 4 is 17.5 Å². The number of likely N-dealkylation sites (tertiary alicyclic amines) is 1. The lowest BCUT2D eigenvalue weighted by atomic mass is 9.72. The van der Waals surface area contributed by atoms with E-state index in [1.165, 1.54) is 0 Å². The Hall–Kier alpha value is -3.58. The average Bonchev–Trinajstić information content (AvgIpc) is 3.35. The fraction of sp³-hybridized carbons (Fsp3) is 0.240. The van der Waals surface area contributed by atoms with Crippen molar-refractivity contribution in [2.45, 2.75) is 24.8 Å². The fourth-order valence-electron chi connectivity index (χ4n) is 4.40. The van der Waals surface area contributed by atoms with E-state index in [0.29, 0.717) is 49.0 Å². The number of hydrogen-bond donors (Lipinski definition) is 0. The van der Waals surface area contributed by atoms with Gasteiger partial charge in [-0.15, -0.1) is 10.2 Å². The highest BCUT2D eigenvalue weighted by molar-refractivity contribution is 6.30. The molecular weight excluding hydrogens is 436 g/mol. The standard InChI is InChI=1S/C25H23ClN6O/c26-21-11-9-19(10-12-21)18-32-29-24(28-30-32)25(20-6-2-1-3-7-20)13-16-31(17-14-25)23(33)22-8-4-5-15-27-22/h1-12,15H,13-14,16-18H2. The van der Waals surface area contributed by atoms with E-state index in [0.717, 1.165) is 11.1 Å². The van der Waals surface area contributed by atoms with E-state index in [1.54, 1.807) is 17.1 Å². The number of pyridine rings is 1. The highest BCUT2D eigenvalue weighted by Gasteiger charge is 2.42. The van der Waals surface area contributed by atoms with Gasteiger partial charge in [-0.3, -0.25) is 9.78 Å². The van der Waals surface area contributed by atoms with Crippen molar-refractivity contribution in [2.24, 2.45) is 0 Å². The number of nitrogens with zero attached hydrogens (tertiary/aromatic N) is 6. The summed E-state index contributed by atoms with van der Waals surface area (Å²) in [5, 5.41) is 14.3. The van der Waals surface area contributed by atoms with Crippen LogP contribution >= 0.6 is 11.6 Å². The van der Waals surface area contributed by atoms with Crippen molar-refractivity contribution in [3.63, 3.8) is 0 Å². The number of carbonyl (C=O) groups is 1. The van der Waals surface area contributed by atoms with Crippen LogP contribution in [0, 0.1) is 0 Å². The minimum Gasteiger partial charge on any atom is -0.337 e. The Labute approximate surface area is 197 Å². The molecule has 0 radical (unpaired) electrons. The second-order valence-corrected chi connectivity index (χ2v) is 8.66. The van der Waals surface area contributed by atoms with Gasteiger partial charge in [-0.05, 0) is 53.4 Å². The van der Waals surface area contributed by atoms with Crippen LogP contribution in [0.2, 0.25) is 5.02 Å². The molecule has 1 saturated heterocycles. The zero-order valence-corrected chi connectivity index (χ0v) is 18.8. The lowest BCUT2D eigenvalue weighted by Crippen LogP contribution is -2.46. The van der Waals surface area contributed by atoms with Crippen LogP contribution < -0.4 is 0 Å². The SMILES string of the molecule is O=C(c1ccccn1)N1CCC(c2ccccc2)(c2nnn(Cc3ccc(Cl)cc3)n2)CC1. The first-order valence-corrected chi connectivity index (χ1v) is 11.3. The van der Waals surface area contributed by atoms with Crippen LogP contribution in [0.25, 0.3) is 0 Å². The zero-order chi connectivity index (χ0) is 22.7. The monoisotopic (exact) mass is 458 g/mol. The lowest BCUT2D eigenvalue weighted by Gasteiger charge is -2.40. The molecule has 1 fully saturated rings. The Bertz CT molecular complexity index is 1220. The molecule has 1 amide bonds. The maximum atomic E-state index is 12.9. The summed E-state index contributed by atoms with van der Waals surface area (Å²) in [4.78, 5) is 20.6. The summed E-state index contributed by atoms with van der Waals surface area (Å²) in [6, 6.07) is 23.3. The van der Waals surface area contributed by atoms with Gasteiger partial charge < -0.3 is 4.90 Å². The van der Waals surface area contributed by atoms with E-state index in [-0.39, 0.29) is 5.91 Å². The van der Waals surface area contributed by atoms with Crippen molar-refractivity contribution in [2.75, 3.05) is 13.1 Å². The zero-order valence-electron chi connectivity index (χ0n) is 18.0. The van der Waals surface area contributed by atoms with Gasteiger partial charge in [0.15, 0.2) is 5.82 Å². The maximum Gasteiger partial charge on any atom is 0.272 e. The Kier molecular flexibility index (Phi) is 5.88. The van der Waals surface area contributed by atoms with Crippen molar-refractivity contribution in [1.29, 1.82) is 0 Å². The lowest BCUT2D eigenvalue weighted by molar-refractivity contribution is 0.0675. The molecule has 3 heterocycles. The molecule has 4 aromatic rings. The van der Waals surface area contributed by atoms with Crippen LogP contribution in [0.5, 0.6) is 0 Å². The van der Waals surface area contributed by atoms with E-state index < -0.39 is 5.41 Å². The Morgan fingerprint density at radius 3 is 2.36 bits per heavy atom. The van der Waals surface area contributed by atoms with Crippen LogP contribution in [0.3, 0.4) is 0 Å². The molecule has 8 heteroatoms. The van der Waals surface area contributed by atoms with Crippen LogP contribution in [0.15, 0.2) is 79.0 Å². The Balaban J connectivity index is 1.40. The van der Waals surface area contributed by atoms with Gasteiger partial charge >= 0.3 is 0 Å². The molecule has 33 heavy (non-hydrogen) atoms. The minimum absolute atomic E-state index is 0.0448. The molecule has 2 aromatic carbocycles. The summed E-state index contributed by atoms with van der Waals surface area (Å²) in [7, 11) is 0. The number of hydrogen-bond acceptors (Lipinski definition) is 5. The third kappa shape index (κ3) is 4.36. The summed E-state index contributed by atoms with van der Waals surface area (Å²) < 4.78 is 0. The summed E-state index contributed by atoms with van der Waals surface area (Å²) in [5.74, 6) is 0.643. The number of carbonyl (C=O) groups excluding carboxylic acids is 1. The molecular formula is C25H23ClN6O. The number of tetrazole rings is 1. The van der Waals surface area contributed by atoms with E-state index in [9.17, 15) is 4.79 Å². The third-order valence-corrected chi connectivity index (χ3v) is 6.48. The van der Waals surface area contributed by atoms with Gasteiger partial charge in [0.25, 0.3) is 5.91 Å². The van der Waals surface area contributed by atoms with Gasteiger partial charge in [0.05, 0.1) is 12.0 Å². The molecule has 0 unspecified atom stereocenters. The third-order valence-electron chi connectivity index (χ3n) is 6.23. The average molecular weight is 459 g/mol. The summed E-state index contributed by atoms with van der Waals surface area (Å²) in [5.41, 5.74) is 2.26. The van der Waals surface area contributed by atoms with Gasteiger partial charge in [-0.25, -0.2) is 0 Å². The number of aromatic nitrogens is 5. The smallest absolute Gasteiger partial charge is 0.272 e. The number of benzene rings is 2. The second-order valence-electron chi connectivity index (χ2n) is 8.23. The van der Waals surface area contributed by atoms with Gasteiger partial charge in [0.1, 0.15) is 5.69 Å². The van der Waals surface area contributed by atoms with Crippen LogP contribution in [-0.2, 0) is 12.0 Å². The predicted molar refractivity (Wildman–Crippen MR) is 125 cm³/mol. The fourth-order valence-corrected chi connectivity index (χ4v) is 4.52. The van der Waals surface area contributed by atoms with Crippen LogP contribution in [0.4, 0.5) is 0 Å². The van der Waals surface area contributed by atoms with Gasteiger partial charge in [0.2, 0.25) is 0 Å². The van der Waals surface area contributed by atoms with Crippen molar-refractivity contribution in [3.8, 4) is 0 Å². The van der Waals surface area contributed by atoms with Crippen molar-refractivity contribution < 1.29 is 4.79 Å². The predicted octanol–water partition coefficient (Wildman–Crippen LogP) is 3.99. The molecule has 0 atom stereocenters. The molecule has 0 N–H and O–H groups in total. The first-order chi connectivity index (χ1) is 16.1. The highest BCUT2D eigenvalue weighted by Crippen LogP contribution is 2.40. The molecule has 0 aliphatic carbocycles. The number of halogens is 1. The molecule has 7 nitrogen and oxygen atoms in total. The summed E-state index contributed by atoms with van der Waals surface area (Å²) in [6.45, 7) is 1.70. The van der Waals surface area contributed by atoms with E-state index in [2.05, 4.69) is 27.4 Å². The number of piperidine rings is 1. The molecule has 0 spiro atoms. The molecule has 5 rings (SSSR count). The maximum absolute atomic E-state index is 12.9. The summed E-state index contributed by atoms with van der Waals surface area (Å²) in [6.07, 6.45) is 3.07. The Morgan fingerprint density at radius 2 is 1.67 bits per heavy atom.